The monoisotopic (exact) mass is 188 g/mol. The van der Waals surface area contributed by atoms with Gasteiger partial charge in [0.05, 0.1) is 5.60 Å². The van der Waals surface area contributed by atoms with Crippen molar-refractivity contribution in [1.82, 2.24) is 0 Å². The number of thioether (sulfide) groups is 1. The van der Waals surface area contributed by atoms with E-state index in [0.717, 1.165) is 18.6 Å². The standard InChI is InChI=1S/C10H20OS/c1-2-3-8-12-9-10(11)6-4-5-7-10/h11H,2-9H2,1H3. The Morgan fingerprint density at radius 3 is 2.58 bits per heavy atom. The first-order chi connectivity index (χ1) is 5.77. The molecule has 0 amide bonds. The van der Waals surface area contributed by atoms with Gasteiger partial charge in [0.2, 0.25) is 0 Å². The zero-order valence-electron chi connectivity index (χ0n) is 8.01. The largest absolute Gasteiger partial charge is 0.389 e. The molecule has 2 heteroatoms. The second-order valence-corrected chi connectivity index (χ2v) is 4.94. The van der Waals surface area contributed by atoms with E-state index in [1.54, 1.807) is 0 Å². The number of unbranched alkanes of at least 4 members (excludes halogenated alkanes) is 1. The molecule has 1 rings (SSSR count). The molecule has 1 saturated carbocycles. The van der Waals surface area contributed by atoms with E-state index >= 15 is 0 Å². The Bertz CT molecular complexity index is 119. The molecule has 0 aromatic rings. The zero-order chi connectivity index (χ0) is 8.86. The Hall–Kier alpha value is 0.310. The maximum absolute atomic E-state index is 9.97. The second-order valence-electron chi connectivity index (χ2n) is 3.84. The summed E-state index contributed by atoms with van der Waals surface area (Å²) in [6, 6.07) is 0. The van der Waals surface area contributed by atoms with Crippen molar-refractivity contribution < 1.29 is 5.11 Å². The van der Waals surface area contributed by atoms with Gasteiger partial charge in [-0.1, -0.05) is 26.2 Å². The lowest BCUT2D eigenvalue weighted by Gasteiger charge is -2.21. The average Bonchev–Trinajstić information content (AvgIpc) is 2.47. The first-order valence-electron chi connectivity index (χ1n) is 5.07. The van der Waals surface area contributed by atoms with Crippen LogP contribution in [0.3, 0.4) is 0 Å². The topological polar surface area (TPSA) is 20.2 Å². The highest BCUT2D eigenvalue weighted by atomic mass is 32.2. The molecule has 12 heavy (non-hydrogen) atoms. The van der Waals surface area contributed by atoms with Gasteiger partial charge in [0.15, 0.2) is 0 Å². The predicted octanol–water partition coefficient (Wildman–Crippen LogP) is 2.82. The molecular formula is C10H20OS. The van der Waals surface area contributed by atoms with Crippen molar-refractivity contribution in [3.63, 3.8) is 0 Å². The van der Waals surface area contributed by atoms with Gasteiger partial charge in [-0.05, 0) is 25.0 Å². The van der Waals surface area contributed by atoms with Crippen LogP contribution in [0.4, 0.5) is 0 Å². The Labute approximate surface area is 79.9 Å². The van der Waals surface area contributed by atoms with E-state index in [4.69, 9.17) is 0 Å². The van der Waals surface area contributed by atoms with Crippen LogP contribution in [0.5, 0.6) is 0 Å². The lowest BCUT2D eigenvalue weighted by molar-refractivity contribution is 0.0733. The summed E-state index contributed by atoms with van der Waals surface area (Å²) in [6.07, 6.45) is 7.08. The van der Waals surface area contributed by atoms with Gasteiger partial charge in [-0.15, -0.1) is 0 Å². The minimum atomic E-state index is -0.293. The van der Waals surface area contributed by atoms with Crippen molar-refractivity contribution in [1.29, 1.82) is 0 Å². The molecule has 0 heterocycles. The van der Waals surface area contributed by atoms with Crippen LogP contribution in [-0.4, -0.2) is 22.2 Å². The highest BCUT2D eigenvalue weighted by Gasteiger charge is 2.30. The van der Waals surface area contributed by atoms with E-state index in [-0.39, 0.29) is 5.60 Å². The summed E-state index contributed by atoms with van der Waals surface area (Å²) < 4.78 is 0. The fourth-order valence-corrected chi connectivity index (χ4v) is 2.99. The van der Waals surface area contributed by atoms with Crippen LogP contribution in [0.25, 0.3) is 0 Å². The van der Waals surface area contributed by atoms with Crippen molar-refractivity contribution in [3.05, 3.63) is 0 Å². The van der Waals surface area contributed by atoms with Gasteiger partial charge in [0, 0.05) is 5.75 Å². The van der Waals surface area contributed by atoms with Crippen molar-refractivity contribution in [2.45, 2.75) is 51.0 Å². The molecule has 1 fully saturated rings. The minimum Gasteiger partial charge on any atom is -0.389 e. The molecule has 0 saturated heterocycles. The van der Waals surface area contributed by atoms with Crippen LogP contribution in [0.15, 0.2) is 0 Å². The molecule has 0 aromatic heterocycles. The maximum Gasteiger partial charge on any atom is 0.0737 e. The van der Waals surface area contributed by atoms with Crippen LogP contribution in [0.1, 0.15) is 45.4 Å². The molecule has 1 aliphatic carbocycles. The smallest absolute Gasteiger partial charge is 0.0737 e. The Morgan fingerprint density at radius 2 is 2.00 bits per heavy atom. The number of aliphatic hydroxyl groups is 1. The molecule has 0 radical (unpaired) electrons. The molecule has 0 bridgehead atoms. The van der Waals surface area contributed by atoms with Crippen LogP contribution < -0.4 is 0 Å². The highest BCUT2D eigenvalue weighted by molar-refractivity contribution is 7.99. The van der Waals surface area contributed by atoms with E-state index in [0.29, 0.717) is 0 Å². The lowest BCUT2D eigenvalue weighted by Crippen LogP contribution is -2.27. The second kappa shape index (κ2) is 5.13. The van der Waals surface area contributed by atoms with Gasteiger partial charge < -0.3 is 5.11 Å². The van der Waals surface area contributed by atoms with E-state index in [1.807, 2.05) is 11.8 Å². The summed E-state index contributed by atoms with van der Waals surface area (Å²) in [6.45, 7) is 2.21. The van der Waals surface area contributed by atoms with Crippen molar-refractivity contribution in [3.8, 4) is 0 Å². The van der Waals surface area contributed by atoms with Crippen LogP contribution in [0.2, 0.25) is 0 Å². The van der Waals surface area contributed by atoms with Gasteiger partial charge in [0.25, 0.3) is 0 Å². The maximum atomic E-state index is 9.97. The number of hydrogen-bond donors (Lipinski definition) is 1. The fraction of sp³-hybridized carbons (Fsp3) is 1.00. The molecule has 0 atom stereocenters. The first-order valence-corrected chi connectivity index (χ1v) is 6.22. The summed E-state index contributed by atoms with van der Waals surface area (Å²) in [4.78, 5) is 0. The molecule has 1 aliphatic rings. The van der Waals surface area contributed by atoms with Gasteiger partial charge in [-0.2, -0.15) is 11.8 Å². The zero-order valence-corrected chi connectivity index (χ0v) is 8.83. The van der Waals surface area contributed by atoms with E-state index in [2.05, 4.69) is 6.92 Å². The normalized spacial score (nSPS) is 21.5. The fourth-order valence-electron chi connectivity index (χ4n) is 1.69. The summed E-state index contributed by atoms with van der Waals surface area (Å²) in [5, 5.41) is 9.97. The molecule has 0 unspecified atom stereocenters. The molecule has 72 valence electrons. The third-order valence-corrected chi connectivity index (χ3v) is 3.87. The highest BCUT2D eigenvalue weighted by Crippen LogP contribution is 2.32. The molecule has 1 nitrogen and oxygen atoms in total. The van der Waals surface area contributed by atoms with Crippen molar-refractivity contribution in [2.75, 3.05) is 11.5 Å². The third-order valence-electron chi connectivity index (χ3n) is 2.55. The molecular weight excluding hydrogens is 168 g/mol. The predicted molar refractivity (Wildman–Crippen MR) is 55.7 cm³/mol. The number of hydrogen-bond acceptors (Lipinski definition) is 2. The summed E-state index contributed by atoms with van der Waals surface area (Å²) in [5.41, 5.74) is -0.293. The van der Waals surface area contributed by atoms with Crippen LogP contribution in [0, 0.1) is 0 Å². The van der Waals surface area contributed by atoms with Gasteiger partial charge in [0.1, 0.15) is 0 Å². The Kier molecular flexibility index (Phi) is 4.44. The van der Waals surface area contributed by atoms with E-state index < -0.39 is 0 Å². The van der Waals surface area contributed by atoms with E-state index in [9.17, 15) is 5.11 Å². The number of rotatable bonds is 5. The van der Waals surface area contributed by atoms with Crippen LogP contribution in [-0.2, 0) is 0 Å². The third kappa shape index (κ3) is 3.36. The van der Waals surface area contributed by atoms with Crippen molar-refractivity contribution in [2.24, 2.45) is 0 Å². The quantitative estimate of drug-likeness (QED) is 0.669. The van der Waals surface area contributed by atoms with Gasteiger partial charge in [-0.3, -0.25) is 0 Å². The van der Waals surface area contributed by atoms with Crippen LogP contribution >= 0.6 is 11.8 Å². The Balaban J connectivity index is 2.05. The van der Waals surface area contributed by atoms with E-state index in [1.165, 1.54) is 31.4 Å². The molecule has 0 spiro atoms. The average molecular weight is 188 g/mol. The SMILES string of the molecule is CCCCSCC1(O)CCCC1. The van der Waals surface area contributed by atoms with Gasteiger partial charge in [-0.25, -0.2) is 0 Å². The summed E-state index contributed by atoms with van der Waals surface area (Å²) >= 11 is 1.92. The van der Waals surface area contributed by atoms with Crippen molar-refractivity contribution >= 4 is 11.8 Å². The summed E-state index contributed by atoms with van der Waals surface area (Å²) in [5.74, 6) is 2.19. The minimum absolute atomic E-state index is 0.293. The Morgan fingerprint density at radius 1 is 1.33 bits per heavy atom. The molecule has 0 aromatic carbocycles. The lowest BCUT2D eigenvalue weighted by atomic mass is 10.1. The van der Waals surface area contributed by atoms with Gasteiger partial charge >= 0.3 is 0 Å². The summed E-state index contributed by atoms with van der Waals surface area (Å²) in [7, 11) is 0. The first kappa shape index (κ1) is 10.4. The molecule has 1 N–H and O–H groups in total. The molecule has 0 aliphatic heterocycles.